The molecular formula is C17H22N2O3S2. The number of thioether (sulfide) groups is 1. The second-order valence-corrected chi connectivity index (χ2v) is 9.71. The Morgan fingerprint density at radius 3 is 2.79 bits per heavy atom. The molecule has 5 nitrogen and oxygen atoms in total. The summed E-state index contributed by atoms with van der Waals surface area (Å²) < 4.78 is 24.1. The first-order valence-electron chi connectivity index (χ1n) is 8.25. The third-order valence-electron chi connectivity index (χ3n) is 4.41. The van der Waals surface area contributed by atoms with Gasteiger partial charge in [0.1, 0.15) is 0 Å². The van der Waals surface area contributed by atoms with Gasteiger partial charge in [0.15, 0.2) is 15.0 Å². The Morgan fingerprint density at radius 2 is 2.08 bits per heavy atom. The summed E-state index contributed by atoms with van der Waals surface area (Å²) in [6, 6.07) is 7.70. The average molecular weight is 367 g/mol. The minimum atomic E-state index is -3.03. The summed E-state index contributed by atoms with van der Waals surface area (Å²) in [4.78, 5) is 18.4. The summed E-state index contributed by atoms with van der Waals surface area (Å²) >= 11 is 1.43. The maximum Gasteiger partial charge on any atom is 0.248 e. The van der Waals surface area contributed by atoms with Gasteiger partial charge in [0.2, 0.25) is 5.91 Å². The monoisotopic (exact) mass is 366 g/mol. The van der Waals surface area contributed by atoms with Gasteiger partial charge in [-0.2, -0.15) is 4.99 Å². The van der Waals surface area contributed by atoms with Crippen LogP contribution in [0.1, 0.15) is 31.7 Å². The number of sulfone groups is 1. The zero-order chi connectivity index (χ0) is 17.3. The van der Waals surface area contributed by atoms with Crippen LogP contribution in [0.15, 0.2) is 29.3 Å². The van der Waals surface area contributed by atoms with E-state index in [4.69, 9.17) is 0 Å². The fourth-order valence-corrected chi connectivity index (χ4v) is 7.09. The minimum absolute atomic E-state index is 0.0488. The number of amidine groups is 1. The van der Waals surface area contributed by atoms with E-state index < -0.39 is 9.84 Å². The molecule has 2 fully saturated rings. The van der Waals surface area contributed by atoms with E-state index >= 15 is 0 Å². The van der Waals surface area contributed by atoms with Gasteiger partial charge in [-0.05, 0) is 25.0 Å². The van der Waals surface area contributed by atoms with Crippen molar-refractivity contribution in [2.24, 2.45) is 4.99 Å². The molecule has 2 saturated heterocycles. The Balaban J connectivity index is 1.96. The molecule has 1 aromatic rings. The summed E-state index contributed by atoms with van der Waals surface area (Å²) in [6.45, 7) is 4.03. The number of aryl methyl sites for hydroxylation is 1. The Morgan fingerprint density at radius 1 is 1.33 bits per heavy atom. The molecule has 2 aliphatic rings. The van der Waals surface area contributed by atoms with Crippen LogP contribution in [0.2, 0.25) is 0 Å². The molecule has 3 rings (SSSR count). The number of unbranched alkanes of at least 4 members (excludes halogenated alkanes) is 1. The SMILES string of the molecule is CCCCC(=O)N=C1S[C@H]2CS(=O)(=O)C[C@H]2N1c1ccccc1C. The number of carbonyl (C=O) groups excluding carboxylic acids is 1. The molecule has 0 unspecified atom stereocenters. The normalized spacial score (nSPS) is 26.8. The van der Waals surface area contributed by atoms with E-state index in [0.29, 0.717) is 11.6 Å². The van der Waals surface area contributed by atoms with Crippen LogP contribution in [0.4, 0.5) is 5.69 Å². The van der Waals surface area contributed by atoms with Crippen molar-refractivity contribution in [3.8, 4) is 0 Å². The van der Waals surface area contributed by atoms with Crippen LogP contribution < -0.4 is 4.90 Å². The van der Waals surface area contributed by atoms with Gasteiger partial charge >= 0.3 is 0 Å². The van der Waals surface area contributed by atoms with Crippen LogP contribution in [0.25, 0.3) is 0 Å². The van der Waals surface area contributed by atoms with Crippen molar-refractivity contribution in [3.63, 3.8) is 0 Å². The fourth-order valence-electron chi connectivity index (χ4n) is 3.17. The van der Waals surface area contributed by atoms with Gasteiger partial charge in [0.05, 0.1) is 17.5 Å². The molecule has 0 bridgehead atoms. The van der Waals surface area contributed by atoms with Gasteiger partial charge in [0, 0.05) is 17.4 Å². The lowest BCUT2D eigenvalue weighted by atomic mass is 10.1. The Labute approximate surface area is 147 Å². The molecule has 0 aromatic heterocycles. The van der Waals surface area contributed by atoms with Crippen LogP contribution in [0.5, 0.6) is 0 Å². The fraction of sp³-hybridized carbons (Fsp3) is 0.529. The first kappa shape index (κ1) is 17.5. The second-order valence-electron chi connectivity index (χ2n) is 6.35. The van der Waals surface area contributed by atoms with Crippen molar-refractivity contribution in [2.45, 2.75) is 44.4 Å². The lowest BCUT2D eigenvalue weighted by molar-refractivity contribution is -0.117. The van der Waals surface area contributed by atoms with Gasteiger partial charge in [0.25, 0.3) is 0 Å². The summed E-state index contributed by atoms with van der Waals surface area (Å²) in [5.41, 5.74) is 1.99. The van der Waals surface area contributed by atoms with Gasteiger partial charge in [-0.1, -0.05) is 43.3 Å². The van der Waals surface area contributed by atoms with E-state index in [0.717, 1.165) is 24.1 Å². The number of nitrogens with zero attached hydrogens (tertiary/aromatic N) is 2. The highest BCUT2D eigenvalue weighted by molar-refractivity contribution is 8.16. The van der Waals surface area contributed by atoms with Crippen molar-refractivity contribution >= 4 is 38.4 Å². The number of rotatable bonds is 4. The zero-order valence-corrected chi connectivity index (χ0v) is 15.6. The quantitative estimate of drug-likeness (QED) is 0.820. The number of para-hydroxylation sites is 1. The Kier molecular flexibility index (Phi) is 5.01. The van der Waals surface area contributed by atoms with E-state index in [9.17, 15) is 13.2 Å². The highest BCUT2D eigenvalue weighted by Gasteiger charge is 2.49. The number of aliphatic imine (C=N–C) groups is 1. The minimum Gasteiger partial charge on any atom is -0.315 e. The molecular weight excluding hydrogens is 344 g/mol. The van der Waals surface area contributed by atoms with E-state index in [1.54, 1.807) is 0 Å². The lowest BCUT2D eigenvalue weighted by Gasteiger charge is -2.26. The van der Waals surface area contributed by atoms with Gasteiger partial charge < -0.3 is 4.90 Å². The predicted molar refractivity (Wildman–Crippen MR) is 99.4 cm³/mol. The third-order valence-corrected chi connectivity index (χ3v) is 7.62. The predicted octanol–water partition coefficient (Wildman–Crippen LogP) is 2.79. The van der Waals surface area contributed by atoms with Crippen molar-refractivity contribution < 1.29 is 13.2 Å². The summed E-state index contributed by atoms with van der Waals surface area (Å²) in [5, 5.41) is 0.600. The Bertz CT molecular complexity index is 774. The molecule has 2 aliphatic heterocycles. The molecule has 1 aromatic carbocycles. The molecule has 2 atom stereocenters. The molecule has 24 heavy (non-hydrogen) atoms. The largest absolute Gasteiger partial charge is 0.315 e. The van der Waals surface area contributed by atoms with E-state index in [1.165, 1.54) is 11.8 Å². The van der Waals surface area contributed by atoms with E-state index in [1.807, 2.05) is 43.0 Å². The third kappa shape index (κ3) is 3.52. The van der Waals surface area contributed by atoms with Gasteiger partial charge in [-0.15, -0.1) is 0 Å². The van der Waals surface area contributed by atoms with Crippen LogP contribution >= 0.6 is 11.8 Å². The smallest absolute Gasteiger partial charge is 0.248 e. The van der Waals surface area contributed by atoms with E-state index in [2.05, 4.69) is 4.99 Å². The summed E-state index contributed by atoms with van der Waals surface area (Å²) in [7, 11) is -3.03. The summed E-state index contributed by atoms with van der Waals surface area (Å²) in [6.07, 6.45) is 2.22. The van der Waals surface area contributed by atoms with Crippen LogP contribution in [-0.4, -0.2) is 42.3 Å². The van der Waals surface area contributed by atoms with Gasteiger partial charge in [-0.25, -0.2) is 8.42 Å². The molecule has 0 N–H and O–H groups in total. The highest BCUT2D eigenvalue weighted by Crippen LogP contribution is 2.41. The lowest BCUT2D eigenvalue weighted by Crippen LogP contribution is -2.38. The molecule has 0 spiro atoms. The highest BCUT2D eigenvalue weighted by atomic mass is 32.2. The first-order valence-corrected chi connectivity index (χ1v) is 10.9. The molecule has 130 valence electrons. The molecule has 1 amide bonds. The zero-order valence-electron chi connectivity index (χ0n) is 13.9. The molecule has 2 heterocycles. The second kappa shape index (κ2) is 6.88. The average Bonchev–Trinajstić information content (AvgIpc) is 2.97. The number of anilines is 1. The van der Waals surface area contributed by atoms with Crippen molar-refractivity contribution in [2.75, 3.05) is 16.4 Å². The van der Waals surface area contributed by atoms with Crippen molar-refractivity contribution in [3.05, 3.63) is 29.8 Å². The maximum absolute atomic E-state index is 12.1. The number of hydrogen-bond acceptors (Lipinski definition) is 4. The number of carbonyl (C=O) groups is 1. The number of benzene rings is 1. The standard InChI is InChI=1S/C17H22N2O3S2/c1-3-4-9-16(20)18-17-19(13-8-6-5-7-12(13)2)14-10-24(21,22)11-15(14)23-17/h5-8,14-15H,3-4,9-11H2,1-2H3/t14-,15+/m1/s1. The first-order chi connectivity index (χ1) is 11.4. The molecule has 0 aliphatic carbocycles. The van der Waals surface area contributed by atoms with Gasteiger partial charge in [-0.3, -0.25) is 4.79 Å². The van der Waals surface area contributed by atoms with Crippen molar-refractivity contribution in [1.82, 2.24) is 0 Å². The maximum atomic E-state index is 12.1. The van der Waals surface area contributed by atoms with Crippen LogP contribution in [0.3, 0.4) is 0 Å². The number of hydrogen-bond donors (Lipinski definition) is 0. The summed E-state index contributed by atoms with van der Waals surface area (Å²) in [5.74, 6) is 0.161. The number of fused-ring (bicyclic) bond motifs is 1. The van der Waals surface area contributed by atoms with Crippen LogP contribution in [-0.2, 0) is 14.6 Å². The Hall–Kier alpha value is -1.34. The number of amides is 1. The topological polar surface area (TPSA) is 66.8 Å². The molecule has 0 saturated carbocycles. The molecule has 7 heteroatoms. The van der Waals surface area contributed by atoms with Crippen molar-refractivity contribution in [1.29, 1.82) is 0 Å². The van der Waals surface area contributed by atoms with Crippen LogP contribution in [0, 0.1) is 6.92 Å². The molecule has 0 radical (unpaired) electrons. The van der Waals surface area contributed by atoms with E-state index in [-0.39, 0.29) is 28.7 Å².